The topological polar surface area (TPSA) is 142 Å². The van der Waals surface area contributed by atoms with Crippen LogP contribution in [0.25, 0.3) is 0 Å². The van der Waals surface area contributed by atoms with Gasteiger partial charge in [-0.05, 0) is 60.4 Å². The first-order valence-corrected chi connectivity index (χ1v) is 15.8. The van der Waals surface area contributed by atoms with Gasteiger partial charge in [0, 0.05) is 62.5 Å². The molecule has 3 aromatic rings. The molecule has 1 aliphatic carbocycles. The van der Waals surface area contributed by atoms with Crippen LogP contribution in [-0.4, -0.2) is 81.3 Å². The van der Waals surface area contributed by atoms with E-state index in [0.717, 1.165) is 18.4 Å². The van der Waals surface area contributed by atoms with Crippen molar-refractivity contribution in [2.75, 3.05) is 38.2 Å². The van der Waals surface area contributed by atoms with Gasteiger partial charge in [-0.2, -0.15) is 4.98 Å². The average molecular weight is 638 g/mol. The molecule has 3 amide bonds. The number of amides is 3. The number of hydrogen-bond donors (Lipinski definition) is 2. The first-order valence-electron chi connectivity index (χ1n) is 15.8. The molecule has 0 bridgehead atoms. The maximum atomic E-state index is 13.8. The predicted molar refractivity (Wildman–Crippen MR) is 176 cm³/mol. The Morgan fingerprint density at radius 3 is 2.81 bits per heavy atom. The van der Waals surface area contributed by atoms with Crippen molar-refractivity contribution in [2.45, 2.75) is 59.1 Å². The van der Waals surface area contributed by atoms with Gasteiger partial charge in [-0.25, -0.2) is 9.98 Å². The molecule has 6 rings (SSSR count). The number of nitrogens with zero attached hydrogens (tertiary/aromatic N) is 6. The van der Waals surface area contributed by atoms with Crippen molar-refractivity contribution in [3.63, 3.8) is 0 Å². The summed E-state index contributed by atoms with van der Waals surface area (Å²) < 4.78 is 7.81. The number of pyridine rings is 2. The summed E-state index contributed by atoms with van der Waals surface area (Å²) in [6.07, 6.45) is 3.88. The first-order chi connectivity index (χ1) is 22.6. The van der Waals surface area contributed by atoms with Crippen LogP contribution in [0.4, 0.5) is 11.6 Å². The molecule has 2 N–H and O–H groups in total. The van der Waals surface area contributed by atoms with Gasteiger partial charge in [0.2, 0.25) is 5.88 Å². The number of piperidine rings is 1. The van der Waals surface area contributed by atoms with Gasteiger partial charge in [-0.1, -0.05) is 25.8 Å². The van der Waals surface area contributed by atoms with E-state index in [1.54, 1.807) is 48.2 Å². The van der Waals surface area contributed by atoms with Gasteiger partial charge in [0.15, 0.2) is 5.82 Å². The van der Waals surface area contributed by atoms with E-state index in [-0.39, 0.29) is 48.8 Å². The molecule has 47 heavy (non-hydrogen) atoms. The molecule has 0 saturated carbocycles. The van der Waals surface area contributed by atoms with Gasteiger partial charge in [-0.15, -0.1) is 0 Å². The number of anilines is 1. The molecule has 0 spiro atoms. The van der Waals surface area contributed by atoms with Crippen molar-refractivity contribution in [3.8, 4) is 17.7 Å². The minimum Gasteiger partial charge on any atom is -0.476 e. The number of rotatable bonds is 8. The zero-order chi connectivity index (χ0) is 33.3. The van der Waals surface area contributed by atoms with E-state index < -0.39 is 0 Å². The monoisotopic (exact) mass is 637 g/mol. The van der Waals surface area contributed by atoms with Crippen molar-refractivity contribution in [1.29, 1.82) is 0 Å². The molecule has 1 saturated heterocycles. The van der Waals surface area contributed by atoms with E-state index in [0.29, 0.717) is 60.5 Å². The summed E-state index contributed by atoms with van der Waals surface area (Å²) in [7, 11) is 1.72. The molecule has 1 unspecified atom stereocenters. The zero-order valence-corrected chi connectivity index (χ0v) is 27.2. The maximum absolute atomic E-state index is 13.8. The molecule has 12 heteroatoms. The van der Waals surface area contributed by atoms with Crippen LogP contribution in [0.2, 0.25) is 0 Å². The second-order valence-corrected chi connectivity index (χ2v) is 12.9. The van der Waals surface area contributed by atoms with Gasteiger partial charge in [0.25, 0.3) is 17.7 Å². The Morgan fingerprint density at radius 2 is 2.02 bits per heavy atom. The summed E-state index contributed by atoms with van der Waals surface area (Å²) in [5.74, 6) is 5.11. The highest BCUT2D eigenvalue weighted by Gasteiger charge is 2.38. The number of carbonyl (C=O) groups excluding carboxylic acids is 3. The highest BCUT2D eigenvalue weighted by molar-refractivity contribution is 6.39. The van der Waals surface area contributed by atoms with Crippen LogP contribution in [0.15, 0.2) is 41.5 Å². The second kappa shape index (κ2) is 13.0. The van der Waals surface area contributed by atoms with E-state index >= 15 is 0 Å². The molecule has 0 radical (unpaired) electrons. The summed E-state index contributed by atoms with van der Waals surface area (Å²) >= 11 is 0. The standard InChI is InChI=1S/C35H39N7O5/c1-5-7-30(44)36-12-15-47-31-9-6-8-29(39-31)38-26-16-23(20-40(4)33(26)45)24-10-11-37-32(25(24)21-43)42-14-13-41-27(34(42)46)17-22-18-35(2,3)19-28(22)41/h6,8-11,17,23,43H,12-16,18-21H2,1-4H3,(H,36,44). The lowest BCUT2D eigenvalue weighted by atomic mass is 9.87. The van der Waals surface area contributed by atoms with Crippen LogP contribution in [0, 0.1) is 17.3 Å². The summed E-state index contributed by atoms with van der Waals surface area (Å²) in [6, 6.07) is 8.98. The molecule has 2 aliphatic heterocycles. The Labute approximate surface area is 273 Å². The summed E-state index contributed by atoms with van der Waals surface area (Å²) in [4.78, 5) is 55.5. The fourth-order valence-corrected chi connectivity index (χ4v) is 6.87. The molecular formula is C35H39N7O5. The lowest BCUT2D eigenvalue weighted by Gasteiger charge is -2.34. The number of nitrogens with one attached hydrogen (secondary N) is 1. The van der Waals surface area contributed by atoms with Crippen LogP contribution >= 0.6 is 0 Å². The number of hydrogen-bond acceptors (Lipinski definition) is 8. The van der Waals surface area contributed by atoms with E-state index in [2.05, 4.69) is 50.5 Å². The van der Waals surface area contributed by atoms with Crippen LogP contribution in [0.3, 0.4) is 0 Å². The summed E-state index contributed by atoms with van der Waals surface area (Å²) in [5.41, 5.74) is 5.07. The SMILES string of the molecule is CC#CC(=O)NCCOc1cccc(N=C2CC(c3ccnc(N4CCn5c(cc6c5CC(C)(C)C6)C4=O)c3CO)CN(C)C2=O)n1. The fourth-order valence-electron chi connectivity index (χ4n) is 6.87. The molecule has 5 heterocycles. The van der Waals surface area contributed by atoms with Crippen molar-refractivity contribution in [3.05, 3.63) is 64.6 Å². The van der Waals surface area contributed by atoms with Crippen molar-refractivity contribution in [1.82, 2.24) is 24.8 Å². The minimum absolute atomic E-state index is 0.119. The number of fused-ring (bicyclic) bond motifs is 3. The van der Waals surface area contributed by atoms with Crippen LogP contribution in [0.1, 0.15) is 66.0 Å². The smallest absolute Gasteiger partial charge is 0.295 e. The fraction of sp³-hybridized carbons (Fsp3) is 0.429. The third-order valence-corrected chi connectivity index (χ3v) is 8.91. The number of aliphatic imine (C=N–C) groups is 1. The minimum atomic E-state index is -0.380. The summed E-state index contributed by atoms with van der Waals surface area (Å²) in [6.45, 7) is 7.78. The molecule has 3 aliphatic rings. The summed E-state index contributed by atoms with van der Waals surface area (Å²) in [5, 5.41) is 13.3. The van der Waals surface area contributed by atoms with Crippen LogP contribution in [0.5, 0.6) is 5.88 Å². The van der Waals surface area contributed by atoms with Crippen molar-refractivity contribution >= 4 is 35.1 Å². The first kappa shape index (κ1) is 31.9. The number of likely N-dealkylation sites (tertiary alicyclic amines) is 1. The number of likely N-dealkylation sites (N-methyl/N-ethyl adjacent to an activating group) is 1. The van der Waals surface area contributed by atoms with Gasteiger partial charge < -0.3 is 24.6 Å². The van der Waals surface area contributed by atoms with Crippen LogP contribution < -0.4 is 15.0 Å². The second-order valence-electron chi connectivity index (χ2n) is 12.9. The average Bonchev–Trinajstić information content (AvgIpc) is 3.53. The number of ether oxygens (including phenoxy) is 1. The van der Waals surface area contributed by atoms with Crippen molar-refractivity contribution < 1.29 is 24.2 Å². The molecule has 244 valence electrons. The number of aromatic nitrogens is 3. The van der Waals surface area contributed by atoms with Gasteiger partial charge in [0.05, 0.1) is 13.2 Å². The Bertz CT molecular complexity index is 1830. The lowest BCUT2D eigenvalue weighted by Crippen LogP contribution is -2.43. The predicted octanol–water partition coefficient (Wildman–Crippen LogP) is 2.79. The van der Waals surface area contributed by atoms with Gasteiger partial charge in [0.1, 0.15) is 23.8 Å². The van der Waals surface area contributed by atoms with E-state index in [1.807, 2.05) is 12.1 Å². The normalized spacial score (nSPS) is 19.3. The highest BCUT2D eigenvalue weighted by atomic mass is 16.5. The lowest BCUT2D eigenvalue weighted by molar-refractivity contribution is -0.124. The third-order valence-electron chi connectivity index (χ3n) is 8.91. The molecule has 1 fully saturated rings. The molecule has 3 aromatic heterocycles. The number of aliphatic hydroxyl groups excluding tert-OH is 1. The number of aliphatic hydroxyl groups is 1. The Kier molecular flexibility index (Phi) is 8.84. The largest absolute Gasteiger partial charge is 0.476 e. The van der Waals surface area contributed by atoms with E-state index in [1.165, 1.54) is 11.3 Å². The highest BCUT2D eigenvalue weighted by Crippen LogP contribution is 2.40. The molecule has 1 atom stereocenters. The van der Waals surface area contributed by atoms with Gasteiger partial charge in [-0.3, -0.25) is 19.3 Å². The Hall–Kier alpha value is -5.02. The van der Waals surface area contributed by atoms with E-state index in [4.69, 9.17) is 4.74 Å². The van der Waals surface area contributed by atoms with Gasteiger partial charge >= 0.3 is 0 Å². The Balaban J connectivity index is 1.21. The van der Waals surface area contributed by atoms with E-state index in [9.17, 15) is 19.5 Å². The molecule has 12 nitrogen and oxygen atoms in total. The van der Waals surface area contributed by atoms with Crippen molar-refractivity contribution in [2.24, 2.45) is 10.4 Å². The zero-order valence-electron chi connectivity index (χ0n) is 27.2. The maximum Gasteiger partial charge on any atom is 0.295 e. The molecular weight excluding hydrogens is 598 g/mol. The molecule has 0 aromatic carbocycles. The third kappa shape index (κ3) is 6.49. The Morgan fingerprint density at radius 1 is 1.19 bits per heavy atom. The quantitative estimate of drug-likeness (QED) is 0.286. The van der Waals surface area contributed by atoms with Crippen LogP contribution in [-0.2, 0) is 35.6 Å². The number of carbonyl (C=O) groups is 3.